The van der Waals surface area contributed by atoms with Gasteiger partial charge in [-0.2, -0.15) is 0 Å². The zero-order valence-electron chi connectivity index (χ0n) is 11.1. The van der Waals surface area contributed by atoms with E-state index in [1.807, 2.05) is 0 Å². The average Bonchev–Trinajstić information content (AvgIpc) is 2.40. The number of halogens is 1. The van der Waals surface area contributed by atoms with E-state index in [4.69, 9.17) is 14.8 Å². The quantitative estimate of drug-likeness (QED) is 0.607. The monoisotopic (exact) mass is 281 g/mol. The van der Waals surface area contributed by atoms with Crippen LogP contribution in [0.5, 0.6) is 5.75 Å². The van der Waals surface area contributed by atoms with Gasteiger partial charge in [-0.1, -0.05) is 12.8 Å². The van der Waals surface area contributed by atoms with Gasteiger partial charge in [-0.3, -0.25) is 4.79 Å². The summed E-state index contributed by atoms with van der Waals surface area (Å²) in [4.78, 5) is 13.4. The number of hydrogen-bond donors (Lipinski definition) is 2. The van der Waals surface area contributed by atoms with E-state index in [0.29, 0.717) is 37.1 Å². The molecule has 1 aromatic carbocycles. The van der Waals surface area contributed by atoms with Gasteiger partial charge in [-0.25, -0.2) is 4.39 Å². The molecule has 0 unspecified atom stereocenters. The molecule has 2 rings (SSSR count). The van der Waals surface area contributed by atoms with Crippen molar-refractivity contribution in [1.29, 1.82) is 0 Å². The van der Waals surface area contributed by atoms with Gasteiger partial charge in [0.15, 0.2) is 6.61 Å². The SMILES string of the molecule is O=C1COc2ccc(F)cc2N1CCCCCB(O)O. The molecule has 0 atom stereocenters. The Kier molecular flexibility index (Phi) is 4.97. The molecular formula is C13H17BFNO4. The van der Waals surface area contributed by atoms with Gasteiger partial charge in [0, 0.05) is 12.6 Å². The summed E-state index contributed by atoms with van der Waals surface area (Å²) in [6.45, 7) is 0.439. The summed E-state index contributed by atoms with van der Waals surface area (Å²) in [5.41, 5.74) is 0.462. The van der Waals surface area contributed by atoms with Crippen LogP contribution in [0.3, 0.4) is 0 Å². The normalized spacial score (nSPS) is 13.9. The molecule has 1 amide bonds. The Morgan fingerprint density at radius 3 is 2.85 bits per heavy atom. The lowest BCUT2D eigenvalue weighted by atomic mass is 9.83. The number of rotatable bonds is 6. The summed E-state index contributed by atoms with van der Waals surface area (Å²) >= 11 is 0. The number of anilines is 1. The lowest BCUT2D eigenvalue weighted by molar-refractivity contribution is -0.121. The molecule has 0 radical (unpaired) electrons. The first-order valence-electron chi connectivity index (χ1n) is 6.67. The first-order valence-corrected chi connectivity index (χ1v) is 6.67. The van der Waals surface area contributed by atoms with E-state index in [9.17, 15) is 9.18 Å². The van der Waals surface area contributed by atoms with E-state index in [-0.39, 0.29) is 12.5 Å². The fourth-order valence-electron chi connectivity index (χ4n) is 2.19. The van der Waals surface area contributed by atoms with E-state index >= 15 is 0 Å². The Balaban J connectivity index is 1.94. The molecule has 7 heteroatoms. The van der Waals surface area contributed by atoms with Crippen LogP contribution in [0.15, 0.2) is 18.2 Å². The first-order chi connectivity index (χ1) is 9.58. The fraction of sp³-hybridized carbons (Fsp3) is 0.462. The lowest BCUT2D eigenvalue weighted by Gasteiger charge is -2.29. The Morgan fingerprint density at radius 2 is 2.10 bits per heavy atom. The summed E-state index contributed by atoms with van der Waals surface area (Å²) < 4.78 is 18.5. The van der Waals surface area contributed by atoms with Crippen LogP contribution in [0, 0.1) is 5.82 Å². The molecule has 1 aromatic rings. The molecule has 1 heterocycles. The van der Waals surface area contributed by atoms with Crippen LogP contribution in [-0.2, 0) is 4.79 Å². The van der Waals surface area contributed by atoms with Gasteiger partial charge in [0.1, 0.15) is 11.6 Å². The highest BCUT2D eigenvalue weighted by Gasteiger charge is 2.25. The largest absolute Gasteiger partial charge is 0.482 e. The van der Waals surface area contributed by atoms with E-state index in [1.165, 1.54) is 23.1 Å². The van der Waals surface area contributed by atoms with Gasteiger partial charge in [-0.15, -0.1) is 0 Å². The highest BCUT2D eigenvalue weighted by molar-refractivity contribution is 6.40. The minimum Gasteiger partial charge on any atom is -0.482 e. The lowest BCUT2D eigenvalue weighted by Crippen LogP contribution is -2.39. The van der Waals surface area contributed by atoms with Crippen LogP contribution in [0.2, 0.25) is 6.32 Å². The molecule has 1 aliphatic heterocycles. The van der Waals surface area contributed by atoms with E-state index in [2.05, 4.69) is 0 Å². The van der Waals surface area contributed by atoms with Crippen molar-refractivity contribution in [2.75, 3.05) is 18.1 Å². The van der Waals surface area contributed by atoms with Gasteiger partial charge < -0.3 is 19.7 Å². The standard InChI is InChI=1S/C13H17BFNO4/c15-10-4-5-12-11(8-10)16(13(17)9-20-12)7-3-1-2-6-14(18)19/h4-5,8,18-19H,1-3,6-7,9H2. The molecule has 108 valence electrons. The second-order valence-corrected chi connectivity index (χ2v) is 4.78. The second-order valence-electron chi connectivity index (χ2n) is 4.78. The van der Waals surface area contributed by atoms with E-state index in [0.717, 1.165) is 6.42 Å². The summed E-state index contributed by atoms with van der Waals surface area (Å²) in [5, 5.41) is 17.5. The Morgan fingerprint density at radius 1 is 1.30 bits per heavy atom. The zero-order chi connectivity index (χ0) is 14.5. The van der Waals surface area contributed by atoms with Gasteiger partial charge in [-0.05, 0) is 24.9 Å². The van der Waals surface area contributed by atoms with Crippen LogP contribution in [-0.4, -0.2) is 36.2 Å². The van der Waals surface area contributed by atoms with Crippen molar-refractivity contribution >= 4 is 18.7 Å². The van der Waals surface area contributed by atoms with Gasteiger partial charge in [0.25, 0.3) is 5.91 Å². The molecule has 5 nitrogen and oxygen atoms in total. The topological polar surface area (TPSA) is 70.0 Å². The molecule has 2 N–H and O–H groups in total. The molecule has 0 aromatic heterocycles. The Labute approximate surface area is 117 Å². The molecule has 0 bridgehead atoms. The van der Waals surface area contributed by atoms with Crippen molar-refractivity contribution in [3.63, 3.8) is 0 Å². The fourth-order valence-corrected chi connectivity index (χ4v) is 2.19. The number of unbranched alkanes of at least 4 members (excludes halogenated alkanes) is 2. The molecular weight excluding hydrogens is 264 g/mol. The van der Waals surface area contributed by atoms with E-state index in [1.54, 1.807) is 0 Å². The highest BCUT2D eigenvalue weighted by Crippen LogP contribution is 2.32. The van der Waals surface area contributed by atoms with Crippen molar-refractivity contribution < 1.29 is 24.0 Å². The third kappa shape index (κ3) is 3.71. The van der Waals surface area contributed by atoms with Crippen molar-refractivity contribution in [2.24, 2.45) is 0 Å². The maximum Gasteiger partial charge on any atom is 0.451 e. The summed E-state index contributed by atoms with van der Waals surface area (Å²) in [6, 6.07) is 4.12. The van der Waals surface area contributed by atoms with E-state index < -0.39 is 12.9 Å². The van der Waals surface area contributed by atoms with Crippen molar-refractivity contribution in [3.05, 3.63) is 24.0 Å². The van der Waals surface area contributed by atoms with Crippen molar-refractivity contribution in [3.8, 4) is 5.75 Å². The molecule has 20 heavy (non-hydrogen) atoms. The maximum absolute atomic E-state index is 13.3. The smallest absolute Gasteiger partial charge is 0.451 e. The number of nitrogens with zero attached hydrogens (tertiary/aromatic N) is 1. The molecule has 1 aliphatic rings. The number of fused-ring (bicyclic) bond motifs is 1. The molecule has 0 spiro atoms. The number of amides is 1. The minimum atomic E-state index is -1.28. The third-order valence-corrected chi connectivity index (χ3v) is 3.21. The maximum atomic E-state index is 13.3. The minimum absolute atomic E-state index is 0.0337. The summed E-state index contributed by atoms with van der Waals surface area (Å²) in [5.74, 6) is -0.0856. The number of benzene rings is 1. The Hall–Kier alpha value is -1.60. The zero-order valence-corrected chi connectivity index (χ0v) is 11.1. The molecule has 0 fully saturated rings. The molecule has 0 saturated heterocycles. The summed E-state index contributed by atoms with van der Waals surface area (Å²) in [7, 11) is -1.28. The number of carbonyl (C=O) groups excluding carboxylic acids is 1. The highest BCUT2D eigenvalue weighted by atomic mass is 19.1. The van der Waals surface area contributed by atoms with Crippen LogP contribution < -0.4 is 9.64 Å². The third-order valence-electron chi connectivity index (χ3n) is 3.21. The first kappa shape index (κ1) is 14.8. The van der Waals surface area contributed by atoms with Gasteiger partial charge >= 0.3 is 7.12 Å². The number of carbonyl (C=O) groups is 1. The van der Waals surface area contributed by atoms with Crippen LogP contribution in [0.25, 0.3) is 0 Å². The Bertz CT molecular complexity index is 483. The number of ether oxygens (including phenoxy) is 1. The van der Waals surface area contributed by atoms with Gasteiger partial charge in [0.2, 0.25) is 0 Å². The van der Waals surface area contributed by atoms with Crippen molar-refractivity contribution in [1.82, 2.24) is 0 Å². The average molecular weight is 281 g/mol. The predicted octanol–water partition coefficient (Wildman–Crippen LogP) is 1.19. The molecule has 0 saturated carbocycles. The van der Waals surface area contributed by atoms with Crippen molar-refractivity contribution in [2.45, 2.75) is 25.6 Å². The van der Waals surface area contributed by atoms with Crippen LogP contribution in [0.1, 0.15) is 19.3 Å². The van der Waals surface area contributed by atoms with Crippen LogP contribution in [0.4, 0.5) is 10.1 Å². The predicted molar refractivity (Wildman–Crippen MR) is 73.1 cm³/mol. The number of hydrogen-bond acceptors (Lipinski definition) is 4. The molecule has 0 aliphatic carbocycles. The second kappa shape index (κ2) is 6.72. The van der Waals surface area contributed by atoms with Gasteiger partial charge in [0.05, 0.1) is 5.69 Å². The van der Waals surface area contributed by atoms with Crippen LogP contribution >= 0.6 is 0 Å². The summed E-state index contributed by atoms with van der Waals surface area (Å²) in [6.07, 6.45) is 2.48.